The van der Waals surface area contributed by atoms with Crippen molar-refractivity contribution in [3.8, 4) is 6.07 Å². The second kappa shape index (κ2) is 5.67. The number of aromatic nitrogens is 1. The Balaban J connectivity index is 1.93. The van der Waals surface area contributed by atoms with Gasteiger partial charge in [0, 0.05) is 12.2 Å². The van der Waals surface area contributed by atoms with Gasteiger partial charge in [0.25, 0.3) is 0 Å². The summed E-state index contributed by atoms with van der Waals surface area (Å²) in [5.74, 6) is 1.75. The summed E-state index contributed by atoms with van der Waals surface area (Å²) in [7, 11) is 0. The molecular weight excluding hydrogens is 210 g/mol. The van der Waals surface area contributed by atoms with Crippen LogP contribution in [-0.2, 0) is 0 Å². The number of hydrogen-bond acceptors (Lipinski definition) is 3. The lowest BCUT2D eigenvalue weighted by atomic mass is 10.0. The third-order valence-electron chi connectivity index (χ3n) is 3.50. The molecule has 1 aromatic heterocycles. The van der Waals surface area contributed by atoms with Crippen LogP contribution in [0.1, 0.15) is 44.6 Å². The topological polar surface area (TPSA) is 48.7 Å². The van der Waals surface area contributed by atoms with E-state index in [1.165, 1.54) is 32.1 Å². The van der Waals surface area contributed by atoms with E-state index in [9.17, 15) is 0 Å². The van der Waals surface area contributed by atoms with Gasteiger partial charge in [-0.05, 0) is 37.3 Å². The molecule has 0 aromatic carbocycles. The fourth-order valence-electron chi connectivity index (χ4n) is 2.39. The van der Waals surface area contributed by atoms with E-state index in [0.29, 0.717) is 11.6 Å². The van der Waals surface area contributed by atoms with Crippen LogP contribution in [0.3, 0.4) is 0 Å². The van der Waals surface area contributed by atoms with Gasteiger partial charge in [0.1, 0.15) is 11.9 Å². The lowest BCUT2D eigenvalue weighted by molar-refractivity contribution is 0.502. The lowest BCUT2D eigenvalue weighted by Crippen LogP contribution is -2.19. The molecule has 3 nitrogen and oxygen atoms in total. The van der Waals surface area contributed by atoms with E-state index >= 15 is 0 Å². The molecule has 2 atom stereocenters. The molecule has 0 amide bonds. The van der Waals surface area contributed by atoms with Gasteiger partial charge in [-0.15, -0.1) is 0 Å². The number of anilines is 1. The molecule has 17 heavy (non-hydrogen) atoms. The molecule has 1 aliphatic rings. The SMILES string of the molecule is CC1CCCC(Nc2ccc(C#N)cn2)CC1. The van der Waals surface area contributed by atoms with Crippen LogP contribution in [0.5, 0.6) is 0 Å². The number of nitrogens with zero attached hydrogens (tertiary/aromatic N) is 2. The summed E-state index contributed by atoms with van der Waals surface area (Å²) in [6.45, 7) is 2.34. The lowest BCUT2D eigenvalue weighted by Gasteiger charge is -2.16. The Kier molecular flexibility index (Phi) is 3.98. The summed E-state index contributed by atoms with van der Waals surface area (Å²) < 4.78 is 0. The van der Waals surface area contributed by atoms with E-state index in [1.807, 2.05) is 12.1 Å². The molecule has 1 aliphatic carbocycles. The van der Waals surface area contributed by atoms with Gasteiger partial charge in [0.15, 0.2) is 0 Å². The molecular formula is C14H19N3. The average molecular weight is 229 g/mol. The Bertz CT molecular complexity index is 391. The van der Waals surface area contributed by atoms with E-state index in [2.05, 4.69) is 23.3 Å². The zero-order valence-electron chi connectivity index (χ0n) is 10.3. The maximum Gasteiger partial charge on any atom is 0.126 e. The number of nitriles is 1. The van der Waals surface area contributed by atoms with Crippen molar-refractivity contribution in [3.05, 3.63) is 23.9 Å². The molecule has 0 spiro atoms. The first-order valence-electron chi connectivity index (χ1n) is 6.40. The molecule has 3 heteroatoms. The van der Waals surface area contributed by atoms with Crippen molar-refractivity contribution < 1.29 is 0 Å². The third-order valence-corrected chi connectivity index (χ3v) is 3.50. The predicted molar refractivity (Wildman–Crippen MR) is 68.6 cm³/mol. The summed E-state index contributed by atoms with van der Waals surface area (Å²) in [5.41, 5.74) is 0.616. The Hall–Kier alpha value is -1.56. The number of rotatable bonds is 2. The van der Waals surface area contributed by atoms with Crippen LogP contribution in [-0.4, -0.2) is 11.0 Å². The normalized spacial score (nSPS) is 24.7. The minimum atomic E-state index is 0.542. The van der Waals surface area contributed by atoms with Crippen molar-refractivity contribution in [2.24, 2.45) is 5.92 Å². The molecule has 0 bridgehead atoms. The highest BCUT2D eigenvalue weighted by atomic mass is 15.0. The first-order chi connectivity index (χ1) is 8.28. The zero-order chi connectivity index (χ0) is 12.1. The monoisotopic (exact) mass is 229 g/mol. The summed E-state index contributed by atoms with van der Waals surface area (Å²) in [5, 5.41) is 12.2. The summed E-state index contributed by atoms with van der Waals surface area (Å²) in [4.78, 5) is 4.26. The summed E-state index contributed by atoms with van der Waals surface area (Å²) in [6.07, 6.45) is 8.03. The van der Waals surface area contributed by atoms with Gasteiger partial charge in [0.2, 0.25) is 0 Å². The highest BCUT2D eigenvalue weighted by molar-refractivity contribution is 5.39. The van der Waals surface area contributed by atoms with Gasteiger partial charge in [-0.1, -0.05) is 19.8 Å². The molecule has 2 unspecified atom stereocenters. The van der Waals surface area contributed by atoms with Crippen molar-refractivity contribution in [2.45, 2.75) is 45.1 Å². The number of nitrogens with one attached hydrogen (secondary N) is 1. The Labute approximate surface area is 103 Å². The number of pyridine rings is 1. The van der Waals surface area contributed by atoms with Gasteiger partial charge in [-0.3, -0.25) is 0 Å². The van der Waals surface area contributed by atoms with Gasteiger partial charge < -0.3 is 5.32 Å². The highest BCUT2D eigenvalue weighted by Crippen LogP contribution is 2.24. The zero-order valence-corrected chi connectivity index (χ0v) is 10.3. The molecule has 1 N–H and O–H groups in total. The molecule has 1 fully saturated rings. The van der Waals surface area contributed by atoms with Crippen molar-refractivity contribution >= 4 is 5.82 Å². The van der Waals surface area contributed by atoms with Gasteiger partial charge >= 0.3 is 0 Å². The molecule has 2 rings (SSSR count). The second-order valence-corrected chi connectivity index (χ2v) is 5.00. The minimum Gasteiger partial charge on any atom is -0.367 e. The molecule has 0 saturated heterocycles. The van der Waals surface area contributed by atoms with Crippen LogP contribution in [0.25, 0.3) is 0 Å². The second-order valence-electron chi connectivity index (χ2n) is 5.00. The van der Waals surface area contributed by atoms with Crippen molar-refractivity contribution in [2.75, 3.05) is 5.32 Å². The van der Waals surface area contributed by atoms with E-state index in [-0.39, 0.29) is 0 Å². The van der Waals surface area contributed by atoms with Gasteiger partial charge in [-0.2, -0.15) is 5.26 Å². The van der Waals surface area contributed by atoms with Crippen LogP contribution in [0.4, 0.5) is 5.82 Å². The van der Waals surface area contributed by atoms with Crippen LogP contribution in [0.15, 0.2) is 18.3 Å². The standard InChI is InChI=1S/C14H19N3/c1-11-3-2-4-13(7-5-11)17-14-8-6-12(9-15)10-16-14/h6,8,10-11,13H,2-5,7H2,1H3,(H,16,17). The van der Waals surface area contributed by atoms with Crippen LogP contribution < -0.4 is 5.32 Å². The van der Waals surface area contributed by atoms with Gasteiger partial charge in [-0.25, -0.2) is 4.98 Å². The molecule has 0 radical (unpaired) electrons. The fourth-order valence-corrected chi connectivity index (χ4v) is 2.39. The number of hydrogen-bond donors (Lipinski definition) is 1. The first-order valence-corrected chi connectivity index (χ1v) is 6.40. The molecule has 90 valence electrons. The van der Waals surface area contributed by atoms with Gasteiger partial charge in [0.05, 0.1) is 5.56 Å². The third kappa shape index (κ3) is 3.45. The van der Waals surface area contributed by atoms with Crippen molar-refractivity contribution in [1.82, 2.24) is 4.98 Å². The summed E-state index contributed by atoms with van der Waals surface area (Å²) >= 11 is 0. The minimum absolute atomic E-state index is 0.542. The molecule has 1 aromatic rings. The Morgan fingerprint density at radius 3 is 2.88 bits per heavy atom. The van der Waals surface area contributed by atoms with E-state index in [4.69, 9.17) is 5.26 Å². The maximum atomic E-state index is 8.71. The molecule has 0 aliphatic heterocycles. The molecule has 1 saturated carbocycles. The predicted octanol–water partition coefficient (Wildman–Crippen LogP) is 3.33. The van der Waals surface area contributed by atoms with Crippen LogP contribution in [0.2, 0.25) is 0 Å². The van der Waals surface area contributed by atoms with E-state index in [1.54, 1.807) is 6.20 Å². The fraction of sp³-hybridized carbons (Fsp3) is 0.571. The van der Waals surface area contributed by atoms with E-state index < -0.39 is 0 Å². The van der Waals surface area contributed by atoms with Crippen LogP contribution >= 0.6 is 0 Å². The maximum absolute atomic E-state index is 8.71. The van der Waals surface area contributed by atoms with Crippen molar-refractivity contribution in [3.63, 3.8) is 0 Å². The largest absolute Gasteiger partial charge is 0.367 e. The Morgan fingerprint density at radius 2 is 2.18 bits per heavy atom. The molecule has 1 heterocycles. The van der Waals surface area contributed by atoms with Crippen molar-refractivity contribution in [1.29, 1.82) is 5.26 Å². The average Bonchev–Trinajstić information content (AvgIpc) is 2.56. The van der Waals surface area contributed by atoms with Crippen LogP contribution in [0, 0.1) is 17.2 Å². The quantitative estimate of drug-likeness (QED) is 0.791. The first kappa shape index (κ1) is 11.9. The summed E-state index contributed by atoms with van der Waals surface area (Å²) in [6, 6.07) is 6.34. The van der Waals surface area contributed by atoms with E-state index in [0.717, 1.165) is 11.7 Å². The Morgan fingerprint density at radius 1 is 1.29 bits per heavy atom. The smallest absolute Gasteiger partial charge is 0.126 e. The highest BCUT2D eigenvalue weighted by Gasteiger charge is 2.16.